The maximum absolute atomic E-state index is 12.3. The largest absolute Gasteiger partial charge is 0.469 e. The molecular formula is C17H26N2O4. The number of carbonyl (C=O) groups excluding carboxylic acids is 2. The van der Waals surface area contributed by atoms with Crippen LogP contribution in [-0.4, -0.2) is 29.7 Å². The molecule has 2 amide bonds. The Morgan fingerprint density at radius 3 is 2.57 bits per heavy atom. The molecule has 0 bridgehead atoms. The third kappa shape index (κ3) is 5.30. The van der Waals surface area contributed by atoms with E-state index in [4.69, 9.17) is 9.15 Å². The number of hydrogen-bond acceptors (Lipinski definition) is 4. The Morgan fingerprint density at radius 2 is 2.00 bits per heavy atom. The van der Waals surface area contributed by atoms with E-state index in [-0.39, 0.29) is 17.7 Å². The van der Waals surface area contributed by atoms with E-state index < -0.39 is 17.2 Å². The van der Waals surface area contributed by atoms with Gasteiger partial charge in [0.05, 0.1) is 11.8 Å². The van der Waals surface area contributed by atoms with Gasteiger partial charge in [-0.1, -0.05) is 0 Å². The first-order chi connectivity index (χ1) is 10.6. The van der Waals surface area contributed by atoms with Crippen molar-refractivity contribution in [2.24, 2.45) is 5.92 Å². The highest BCUT2D eigenvalue weighted by atomic mass is 16.6. The normalized spacial score (nSPS) is 20.7. The minimum absolute atomic E-state index is 0.0117. The van der Waals surface area contributed by atoms with E-state index >= 15 is 0 Å². The summed E-state index contributed by atoms with van der Waals surface area (Å²) < 4.78 is 10.5. The highest BCUT2D eigenvalue weighted by Gasteiger charge is 2.46. The molecule has 0 saturated heterocycles. The summed E-state index contributed by atoms with van der Waals surface area (Å²) in [5.41, 5.74) is -1.09. The number of nitrogens with one attached hydrogen (secondary N) is 2. The molecule has 0 aromatic carbocycles. The molecule has 128 valence electrons. The smallest absolute Gasteiger partial charge is 0.407 e. The van der Waals surface area contributed by atoms with Crippen molar-refractivity contribution in [2.45, 2.75) is 58.1 Å². The first-order valence-electron chi connectivity index (χ1n) is 7.90. The summed E-state index contributed by atoms with van der Waals surface area (Å²) in [6, 6.07) is 3.73. The summed E-state index contributed by atoms with van der Waals surface area (Å²) in [6.07, 6.45) is 1.94. The van der Waals surface area contributed by atoms with Gasteiger partial charge in [-0.2, -0.15) is 0 Å². The van der Waals surface area contributed by atoms with E-state index in [0.29, 0.717) is 6.54 Å². The summed E-state index contributed by atoms with van der Waals surface area (Å²) >= 11 is 0. The van der Waals surface area contributed by atoms with Gasteiger partial charge in [-0.3, -0.25) is 4.79 Å². The van der Waals surface area contributed by atoms with Crippen molar-refractivity contribution >= 4 is 12.0 Å². The van der Waals surface area contributed by atoms with Gasteiger partial charge < -0.3 is 19.8 Å². The molecule has 0 unspecified atom stereocenters. The lowest BCUT2D eigenvalue weighted by atomic mass is 10.1. The molecule has 1 fully saturated rings. The molecule has 1 heterocycles. The zero-order valence-electron chi connectivity index (χ0n) is 14.4. The molecule has 1 aliphatic carbocycles. The van der Waals surface area contributed by atoms with Gasteiger partial charge in [-0.15, -0.1) is 0 Å². The van der Waals surface area contributed by atoms with Crippen molar-refractivity contribution < 1.29 is 18.7 Å². The maximum atomic E-state index is 12.3. The summed E-state index contributed by atoms with van der Waals surface area (Å²) in [7, 11) is 0. The first kappa shape index (κ1) is 17.4. The highest BCUT2D eigenvalue weighted by Crippen LogP contribution is 2.47. The lowest BCUT2D eigenvalue weighted by Crippen LogP contribution is -2.52. The van der Waals surface area contributed by atoms with Gasteiger partial charge in [0.15, 0.2) is 0 Å². The molecular weight excluding hydrogens is 296 g/mol. The van der Waals surface area contributed by atoms with Crippen LogP contribution >= 0.6 is 0 Å². The SMILES string of the molecule is CC(C)(CNC(=O)OC(C)(C)C)NC(=O)[C@@H]1C[C@H]1c1ccco1. The van der Waals surface area contributed by atoms with Gasteiger partial charge in [0.1, 0.15) is 11.4 Å². The quantitative estimate of drug-likeness (QED) is 0.873. The lowest BCUT2D eigenvalue weighted by molar-refractivity contribution is -0.124. The maximum Gasteiger partial charge on any atom is 0.407 e. The Balaban J connectivity index is 1.77. The molecule has 1 saturated carbocycles. The van der Waals surface area contributed by atoms with E-state index in [9.17, 15) is 9.59 Å². The predicted octanol–water partition coefficient (Wildman–Crippen LogP) is 2.80. The second kappa shape index (κ2) is 6.26. The van der Waals surface area contributed by atoms with E-state index in [1.807, 2.05) is 26.0 Å². The summed E-state index contributed by atoms with van der Waals surface area (Å²) in [4.78, 5) is 24.0. The average Bonchev–Trinajstić information content (AvgIpc) is 3.01. The van der Waals surface area contributed by atoms with Gasteiger partial charge in [0.2, 0.25) is 5.91 Å². The Labute approximate surface area is 137 Å². The van der Waals surface area contributed by atoms with Crippen LogP contribution in [0.25, 0.3) is 0 Å². The number of amides is 2. The average molecular weight is 322 g/mol. The Hall–Kier alpha value is -1.98. The van der Waals surface area contributed by atoms with Gasteiger partial charge in [0, 0.05) is 18.4 Å². The molecule has 2 N–H and O–H groups in total. The number of rotatable bonds is 5. The van der Waals surface area contributed by atoms with Crippen molar-refractivity contribution in [3.8, 4) is 0 Å². The van der Waals surface area contributed by atoms with Crippen LogP contribution in [0, 0.1) is 5.92 Å². The van der Waals surface area contributed by atoms with Crippen LogP contribution in [0.5, 0.6) is 0 Å². The molecule has 6 nitrogen and oxygen atoms in total. The first-order valence-corrected chi connectivity index (χ1v) is 7.90. The number of carbonyl (C=O) groups is 2. The minimum atomic E-state index is -0.551. The van der Waals surface area contributed by atoms with Gasteiger partial charge >= 0.3 is 6.09 Å². The molecule has 0 spiro atoms. The second-order valence-corrected chi connectivity index (χ2v) is 7.69. The summed E-state index contributed by atoms with van der Waals surface area (Å²) in [5, 5.41) is 5.67. The molecule has 23 heavy (non-hydrogen) atoms. The fourth-order valence-corrected chi connectivity index (χ4v) is 2.38. The van der Waals surface area contributed by atoms with Crippen molar-refractivity contribution in [2.75, 3.05) is 6.54 Å². The molecule has 1 aromatic heterocycles. The lowest BCUT2D eigenvalue weighted by Gasteiger charge is -2.28. The predicted molar refractivity (Wildman–Crippen MR) is 86.0 cm³/mol. The van der Waals surface area contributed by atoms with Crippen LogP contribution in [0.3, 0.4) is 0 Å². The number of furan rings is 1. The summed E-state index contributed by atoms with van der Waals surface area (Å²) in [5.74, 6) is 0.957. The van der Waals surface area contributed by atoms with Crippen LogP contribution in [0.4, 0.5) is 4.79 Å². The van der Waals surface area contributed by atoms with E-state index in [0.717, 1.165) is 12.2 Å². The van der Waals surface area contributed by atoms with Crippen molar-refractivity contribution in [1.82, 2.24) is 10.6 Å². The fraction of sp³-hybridized carbons (Fsp3) is 0.647. The van der Waals surface area contributed by atoms with Gasteiger partial charge in [-0.25, -0.2) is 4.79 Å². The Bertz CT molecular complexity index is 558. The van der Waals surface area contributed by atoms with E-state index in [2.05, 4.69) is 10.6 Å². The monoisotopic (exact) mass is 322 g/mol. The molecule has 0 aliphatic heterocycles. The zero-order valence-corrected chi connectivity index (χ0v) is 14.4. The van der Waals surface area contributed by atoms with Crippen molar-refractivity contribution in [3.05, 3.63) is 24.2 Å². The number of ether oxygens (including phenoxy) is 1. The molecule has 6 heteroatoms. The molecule has 1 aromatic rings. The summed E-state index contributed by atoms with van der Waals surface area (Å²) in [6.45, 7) is 9.45. The minimum Gasteiger partial charge on any atom is -0.469 e. The van der Waals surface area contributed by atoms with Crippen LogP contribution in [0.15, 0.2) is 22.8 Å². The number of alkyl carbamates (subject to hydrolysis) is 1. The number of hydrogen-bond donors (Lipinski definition) is 2. The van der Waals surface area contributed by atoms with Crippen LogP contribution in [0.1, 0.15) is 52.7 Å². The molecule has 2 rings (SSSR count). The third-order valence-corrected chi connectivity index (χ3v) is 3.57. The van der Waals surface area contributed by atoms with Crippen LogP contribution in [-0.2, 0) is 9.53 Å². The van der Waals surface area contributed by atoms with E-state index in [1.165, 1.54) is 0 Å². The fourth-order valence-electron chi connectivity index (χ4n) is 2.38. The van der Waals surface area contributed by atoms with Crippen LogP contribution in [0.2, 0.25) is 0 Å². The highest BCUT2D eigenvalue weighted by molar-refractivity contribution is 5.83. The van der Waals surface area contributed by atoms with Crippen molar-refractivity contribution in [3.63, 3.8) is 0 Å². The second-order valence-electron chi connectivity index (χ2n) is 7.69. The van der Waals surface area contributed by atoms with Gasteiger partial charge in [0.25, 0.3) is 0 Å². The Morgan fingerprint density at radius 1 is 1.30 bits per heavy atom. The van der Waals surface area contributed by atoms with Gasteiger partial charge in [-0.05, 0) is 53.2 Å². The molecule has 2 atom stereocenters. The molecule has 0 radical (unpaired) electrons. The van der Waals surface area contributed by atoms with Crippen LogP contribution < -0.4 is 10.6 Å². The standard InChI is InChI=1S/C17H26N2O4/c1-16(2,3)23-15(21)18-10-17(4,5)19-14(20)12-9-11(12)13-7-6-8-22-13/h6-8,11-12H,9-10H2,1-5H3,(H,18,21)(H,19,20)/t11-,12-/m1/s1. The Kier molecular flexibility index (Phi) is 4.73. The zero-order chi connectivity index (χ0) is 17.3. The third-order valence-electron chi connectivity index (χ3n) is 3.57. The van der Waals surface area contributed by atoms with E-state index in [1.54, 1.807) is 27.0 Å². The van der Waals surface area contributed by atoms with Crippen molar-refractivity contribution in [1.29, 1.82) is 0 Å². The topological polar surface area (TPSA) is 80.6 Å². The molecule has 1 aliphatic rings.